The molecule has 6 nitrogen and oxygen atoms in total. The van der Waals surface area contributed by atoms with Gasteiger partial charge in [0.25, 0.3) is 0 Å². The first-order valence-corrected chi connectivity index (χ1v) is 9.06. The topological polar surface area (TPSA) is 67.1 Å². The van der Waals surface area contributed by atoms with Crippen molar-refractivity contribution in [2.45, 2.75) is 53.1 Å². The van der Waals surface area contributed by atoms with E-state index >= 15 is 0 Å². The minimum absolute atomic E-state index is 0. The van der Waals surface area contributed by atoms with E-state index in [0.717, 1.165) is 36.2 Å². The van der Waals surface area contributed by atoms with Gasteiger partial charge in [-0.3, -0.25) is 4.57 Å². The summed E-state index contributed by atoms with van der Waals surface area (Å²) in [5, 5.41) is 6.82. The standard InChI is InChI=1S/C19H30N6.HI/c1-5-21-19(24-16(4)7-6-15(2)3)23-13-17-8-9-22-18(12-17)25-11-10-20-14-25;/h8-12,14-16H,5-7,13H2,1-4H3,(H2,21,23,24);1H. The number of nitrogens with one attached hydrogen (secondary N) is 2. The van der Waals surface area contributed by atoms with Crippen LogP contribution in [0.3, 0.4) is 0 Å². The van der Waals surface area contributed by atoms with Crippen LogP contribution in [0.4, 0.5) is 0 Å². The molecule has 2 aromatic rings. The molecule has 1 atom stereocenters. The molecule has 1 unspecified atom stereocenters. The average Bonchev–Trinajstić information content (AvgIpc) is 3.13. The number of hydrogen-bond acceptors (Lipinski definition) is 3. The highest BCUT2D eigenvalue weighted by Crippen LogP contribution is 2.09. The maximum absolute atomic E-state index is 4.71. The summed E-state index contributed by atoms with van der Waals surface area (Å²) in [6.45, 7) is 10.3. The van der Waals surface area contributed by atoms with E-state index in [0.29, 0.717) is 12.6 Å². The molecule has 0 aromatic carbocycles. The van der Waals surface area contributed by atoms with Gasteiger partial charge in [0.2, 0.25) is 0 Å². The maximum atomic E-state index is 4.71. The van der Waals surface area contributed by atoms with Gasteiger partial charge < -0.3 is 10.6 Å². The van der Waals surface area contributed by atoms with E-state index in [9.17, 15) is 0 Å². The van der Waals surface area contributed by atoms with Gasteiger partial charge in [0.05, 0.1) is 6.54 Å². The Morgan fingerprint density at radius 3 is 2.69 bits per heavy atom. The minimum atomic E-state index is 0. The van der Waals surface area contributed by atoms with Gasteiger partial charge in [-0.1, -0.05) is 13.8 Å². The van der Waals surface area contributed by atoms with Crippen LogP contribution in [-0.4, -0.2) is 33.1 Å². The van der Waals surface area contributed by atoms with Crippen LogP contribution in [0.25, 0.3) is 5.82 Å². The molecule has 0 aliphatic heterocycles. The van der Waals surface area contributed by atoms with Crippen LogP contribution in [0.5, 0.6) is 0 Å². The van der Waals surface area contributed by atoms with Crippen LogP contribution in [0, 0.1) is 5.92 Å². The molecule has 0 saturated carbocycles. The molecule has 0 fully saturated rings. The number of nitrogens with zero attached hydrogens (tertiary/aromatic N) is 4. The number of hydrogen-bond donors (Lipinski definition) is 2. The van der Waals surface area contributed by atoms with Gasteiger partial charge in [0, 0.05) is 31.2 Å². The molecule has 0 radical (unpaired) electrons. The summed E-state index contributed by atoms with van der Waals surface area (Å²) in [5.74, 6) is 2.44. The van der Waals surface area contributed by atoms with Crippen LogP contribution in [0.1, 0.15) is 46.1 Å². The van der Waals surface area contributed by atoms with Crippen molar-refractivity contribution in [1.29, 1.82) is 0 Å². The van der Waals surface area contributed by atoms with Gasteiger partial charge >= 0.3 is 0 Å². The van der Waals surface area contributed by atoms with Crippen molar-refractivity contribution < 1.29 is 0 Å². The Hall–Kier alpha value is -1.64. The molecule has 0 saturated heterocycles. The third-order valence-corrected chi connectivity index (χ3v) is 3.90. The lowest BCUT2D eigenvalue weighted by atomic mass is 10.0. The lowest BCUT2D eigenvalue weighted by Crippen LogP contribution is -2.42. The van der Waals surface area contributed by atoms with Gasteiger partial charge in [-0.15, -0.1) is 24.0 Å². The number of aromatic nitrogens is 3. The molecule has 2 heterocycles. The molecule has 0 aliphatic carbocycles. The molecule has 2 rings (SSSR count). The van der Waals surface area contributed by atoms with Crippen LogP contribution in [0.15, 0.2) is 42.0 Å². The lowest BCUT2D eigenvalue weighted by Gasteiger charge is -2.18. The molecule has 2 aromatic heterocycles. The largest absolute Gasteiger partial charge is 0.357 e. The van der Waals surface area contributed by atoms with E-state index in [-0.39, 0.29) is 24.0 Å². The van der Waals surface area contributed by atoms with Crippen molar-refractivity contribution in [3.05, 3.63) is 42.6 Å². The first-order valence-electron chi connectivity index (χ1n) is 9.06. The smallest absolute Gasteiger partial charge is 0.191 e. The zero-order valence-corrected chi connectivity index (χ0v) is 18.5. The molecular formula is C19H31IN6. The van der Waals surface area contributed by atoms with Crippen LogP contribution in [-0.2, 0) is 6.54 Å². The van der Waals surface area contributed by atoms with E-state index in [1.165, 1.54) is 6.42 Å². The molecule has 0 spiro atoms. The Kier molecular flexibility index (Phi) is 10.2. The van der Waals surface area contributed by atoms with E-state index < -0.39 is 0 Å². The molecule has 26 heavy (non-hydrogen) atoms. The molecule has 2 N–H and O–H groups in total. The van der Waals surface area contributed by atoms with Crippen molar-refractivity contribution >= 4 is 29.9 Å². The van der Waals surface area contributed by atoms with Gasteiger partial charge in [-0.05, 0) is 50.3 Å². The van der Waals surface area contributed by atoms with Crippen molar-refractivity contribution in [3.63, 3.8) is 0 Å². The Labute approximate surface area is 174 Å². The van der Waals surface area contributed by atoms with E-state index in [2.05, 4.69) is 48.3 Å². The zero-order chi connectivity index (χ0) is 18.1. The van der Waals surface area contributed by atoms with E-state index in [4.69, 9.17) is 4.99 Å². The second kappa shape index (κ2) is 11.9. The molecule has 0 amide bonds. The van der Waals surface area contributed by atoms with Crippen LogP contribution in [0.2, 0.25) is 0 Å². The summed E-state index contributed by atoms with van der Waals surface area (Å²) < 4.78 is 1.89. The van der Waals surface area contributed by atoms with Gasteiger partial charge in [-0.2, -0.15) is 0 Å². The van der Waals surface area contributed by atoms with Crippen molar-refractivity contribution in [2.75, 3.05) is 6.54 Å². The summed E-state index contributed by atoms with van der Waals surface area (Å²) in [6, 6.07) is 4.44. The third-order valence-electron chi connectivity index (χ3n) is 3.90. The zero-order valence-electron chi connectivity index (χ0n) is 16.1. The molecule has 7 heteroatoms. The van der Waals surface area contributed by atoms with Crippen LogP contribution < -0.4 is 10.6 Å². The highest BCUT2D eigenvalue weighted by Gasteiger charge is 2.06. The second-order valence-corrected chi connectivity index (χ2v) is 6.70. The second-order valence-electron chi connectivity index (χ2n) is 6.70. The molecular weight excluding hydrogens is 439 g/mol. The van der Waals surface area contributed by atoms with E-state index in [1.807, 2.05) is 29.1 Å². The number of aliphatic imine (C=N–C) groups is 1. The number of pyridine rings is 1. The molecule has 144 valence electrons. The fourth-order valence-corrected chi connectivity index (χ4v) is 2.47. The Bertz CT molecular complexity index is 654. The fraction of sp³-hybridized carbons (Fsp3) is 0.526. The number of imidazole rings is 1. The van der Waals surface area contributed by atoms with Gasteiger partial charge in [-0.25, -0.2) is 15.0 Å². The summed E-state index contributed by atoms with van der Waals surface area (Å²) in [5.41, 5.74) is 1.12. The predicted octanol–water partition coefficient (Wildman–Crippen LogP) is 3.77. The first-order chi connectivity index (χ1) is 12.1. The predicted molar refractivity (Wildman–Crippen MR) is 118 cm³/mol. The Morgan fingerprint density at radius 2 is 2.04 bits per heavy atom. The first kappa shape index (κ1) is 22.4. The summed E-state index contributed by atoms with van der Waals surface area (Å²) in [6.07, 6.45) is 9.55. The summed E-state index contributed by atoms with van der Waals surface area (Å²) >= 11 is 0. The maximum Gasteiger partial charge on any atom is 0.191 e. The van der Waals surface area contributed by atoms with Crippen molar-refractivity contribution in [3.8, 4) is 5.82 Å². The average molecular weight is 470 g/mol. The quantitative estimate of drug-likeness (QED) is 0.350. The number of rotatable bonds is 8. The Morgan fingerprint density at radius 1 is 1.23 bits per heavy atom. The Balaban J connectivity index is 0.00000338. The number of halogens is 1. The highest BCUT2D eigenvalue weighted by molar-refractivity contribution is 14.0. The van der Waals surface area contributed by atoms with E-state index in [1.54, 1.807) is 12.5 Å². The van der Waals surface area contributed by atoms with Crippen molar-refractivity contribution in [1.82, 2.24) is 25.2 Å². The summed E-state index contributed by atoms with van der Waals surface area (Å²) in [4.78, 5) is 13.2. The normalized spacial score (nSPS) is 12.6. The van der Waals surface area contributed by atoms with Crippen LogP contribution >= 0.6 is 24.0 Å². The summed E-state index contributed by atoms with van der Waals surface area (Å²) in [7, 11) is 0. The SMILES string of the molecule is CCNC(=NCc1ccnc(-n2ccnc2)c1)NC(C)CCC(C)C.I. The monoisotopic (exact) mass is 470 g/mol. The number of guanidine groups is 1. The molecule has 0 bridgehead atoms. The minimum Gasteiger partial charge on any atom is -0.357 e. The van der Waals surface area contributed by atoms with Gasteiger partial charge in [0.1, 0.15) is 12.1 Å². The lowest BCUT2D eigenvalue weighted by molar-refractivity contribution is 0.489. The fourth-order valence-electron chi connectivity index (χ4n) is 2.47. The van der Waals surface area contributed by atoms with Gasteiger partial charge in [0.15, 0.2) is 5.96 Å². The van der Waals surface area contributed by atoms with Crippen molar-refractivity contribution in [2.24, 2.45) is 10.9 Å². The molecule has 0 aliphatic rings. The third kappa shape index (κ3) is 7.72. The highest BCUT2D eigenvalue weighted by atomic mass is 127.